The van der Waals surface area contributed by atoms with Crippen LogP contribution in [0.5, 0.6) is 5.75 Å². The number of hydrogen-bond acceptors (Lipinski definition) is 5. The second-order valence-electron chi connectivity index (χ2n) is 4.95. The molecule has 0 radical (unpaired) electrons. The summed E-state index contributed by atoms with van der Waals surface area (Å²) in [5, 5.41) is 18.5. The van der Waals surface area contributed by atoms with Crippen LogP contribution in [0.4, 0.5) is 0 Å². The highest BCUT2D eigenvalue weighted by Gasteiger charge is 2.25. The number of benzene rings is 1. The van der Waals surface area contributed by atoms with Gasteiger partial charge in [-0.25, -0.2) is 17.9 Å². The summed E-state index contributed by atoms with van der Waals surface area (Å²) in [5.74, 6) is -1.83. The van der Waals surface area contributed by atoms with Crippen molar-refractivity contribution in [2.24, 2.45) is 0 Å². The lowest BCUT2D eigenvalue weighted by molar-refractivity contribution is 0.0693. The number of rotatable bonds is 4. The van der Waals surface area contributed by atoms with E-state index in [0.717, 1.165) is 12.1 Å². The highest BCUT2D eigenvalue weighted by molar-refractivity contribution is 7.89. The van der Waals surface area contributed by atoms with Crippen LogP contribution < -0.4 is 4.72 Å². The fourth-order valence-corrected chi connectivity index (χ4v) is 3.79. The minimum atomic E-state index is -3.84. The Hall–Kier alpha value is -1.64. The van der Waals surface area contributed by atoms with Crippen LogP contribution in [0.15, 0.2) is 17.0 Å². The molecule has 0 unspecified atom stereocenters. The number of aryl methyl sites for hydroxylation is 1. The zero-order valence-corrected chi connectivity index (χ0v) is 12.3. The highest BCUT2D eigenvalue weighted by atomic mass is 32.2. The van der Waals surface area contributed by atoms with E-state index in [4.69, 9.17) is 9.84 Å². The Kier molecular flexibility index (Phi) is 4.50. The lowest BCUT2D eigenvalue weighted by Crippen LogP contribution is -2.39. The quantitative estimate of drug-likeness (QED) is 0.759. The molecular weight excluding hydrogens is 298 g/mol. The summed E-state index contributed by atoms with van der Waals surface area (Å²) in [4.78, 5) is 10.9. The first-order chi connectivity index (χ1) is 9.81. The van der Waals surface area contributed by atoms with E-state index >= 15 is 0 Å². The van der Waals surface area contributed by atoms with Gasteiger partial charge in [0.05, 0.1) is 4.90 Å². The lowest BCUT2D eigenvalue weighted by atomic mass is 10.1. The van der Waals surface area contributed by atoms with Crippen LogP contribution in [-0.2, 0) is 14.8 Å². The van der Waals surface area contributed by atoms with Crippen molar-refractivity contribution in [2.45, 2.75) is 30.7 Å². The number of nitrogens with one attached hydrogen (secondary N) is 1. The third-order valence-corrected chi connectivity index (χ3v) is 5.02. The number of ether oxygens (including phenoxy) is 1. The molecule has 0 atom stereocenters. The molecule has 1 aliphatic rings. The molecule has 0 aliphatic carbocycles. The van der Waals surface area contributed by atoms with E-state index in [1.165, 1.54) is 6.92 Å². The van der Waals surface area contributed by atoms with Gasteiger partial charge in [0.1, 0.15) is 11.3 Å². The van der Waals surface area contributed by atoms with Gasteiger partial charge in [-0.2, -0.15) is 0 Å². The maximum absolute atomic E-state index is 12.4. The van der Waals surface area contributed by atoms with Crippen molar-refractivity contribution in [1.29, 1.82) is 0 Å². The molecule has 0 saturated carbocycles. The van der Waals surface area contributed by atoms with Crippen LogP contribution in [0.2, 0.25) is 0 Å². The molecule has 0 amide bonds. The standard InChI is InChI=1S/C13H17NO6S/c1-8-6-11(15)10(13(16)17)7-12(8)21(18,19)14-9-2-4-20-5-3-9/h6-7,9,14-15H,2-5H2,1H3,(H,16,17). The minimum Gasteiger partial charge on any atom is -0.507 e. The Labute approximate surface area is 122 Å². The minimum absolute atomic E-state index is 0.135. The van der Waals surface area contributed by atoms with E-state index in [1.807, 2.05) is 0 Å². The van der Waals surface area contributed by atoms with Crippen molar-refractivity contribution >= 4 is 16.0 Å². The molecule has 21 heavy (non-hydrogen) atoms. The van der Waals surface area contributed by atoms with E-state index < -0.39 is 27.3 Å². The molecule has 1 heterocycles. The van der Waals surface area contributed by atoms with Crippen molar-refractivity contribution in [2.75, 3.05) is 13.2 Å². The summed E-state index contributed by atoms with van der Waals surface area (Å²) in [6, 6.07) is 1.89. The van der Waals surface area contributed by atoms with Crippen LogP contribution >= 0.6 is 0 Å². The molecule has 2 rings (SSSR count). The van der Waals surface area contributed by atoms with Crippen molar-refractivity contribution < 1.29 is 28.2 Å². The van der Waals surface area contributed by atoms with E-state index in [0.29, 0.717) is 26.1 Å². The summed E-state index contributed by atoms with van der Waals surface area (Å²) in [6.07, 6.45) is 1.14. The number of aromatic carboxylic acids is 1. The normalized spacial score (nSPS) is 16.8. The summed E-state index contributed by atoms with van der Waals surface area (Å²) >= 11 is 0. The van der Waals surface area contributed by atoms with Gasteiger partial charge in [-0.3, -0.25) is 0 Å². The third kappa shape index (κ3) is 3.52. The Morgan fingerprint density at radius 3 is 2.52 bits per heavy atom. The number of aromatic hydroxyl groups is 1. The Bertz CT molecular complexity index is 649. The van der Waals surface area contributed by atoms with Crippen molar-refractivity contribution in [3.05, 3.63) is 23.3 Å². The van der Waals surface area contributed by atoms with Crippen LogP contribution in [0, 0.1) is 6.92 Å². The van der Waals surface area contributed by atoms with Gasteiger partial charge >= 0.3 is 5.97 Å². The molecule has 0 bridgehead atoms. The van der Waals surface area contributed by atoms with Crippen molar-refractivity contribution in [1.82, 2.24) is 4.72 Å². The maximum Gasteiger partial charge on any atom is 0.339 e. The molecular formula is C13H17NO6S. The molecule has 8 heteroatoms. The monoisotopic (exact) mass is 315 g/mol. The average molecular weight is 315 g/mol. The molecule has 1 aromatic carbocycles. The average Bonchev–Trinajstić information content (AvgIpc) is 2.38. The van der Waals surface area contributed by atoms with Gasteiger partial charge < -0.3 is 14.9 Å². The molecule has 7 nitrogen and oxygen atoms in total. The SMILES string of the molecule is Cc1cc(O)c(C(=O)O)cc1S(=O)(=O)NC1CCOCC1. The van der Waals surface area contributed by atoms with E-state index in [1.54, 1.807) is 0 Å². The van der Waals surface area contributed by atoms with Crippen molar-refractivity contribution in [3.63, 3.8) is 0 Å². The smallest absolute Gasteiger partial charge is 0.339 e. The third-order valence-electron chi connectivity index (χ3n) is 3.36. The Balaban J connectivity index is 2.34. The molecule has 1 fully saturated rings. The first-order valence-electron chi connectivity index (χ1n) is 6.48. The predicted octanol–water partition coefficient (Wildman–Crippen LogP) is 0.856. The summed E-state index contributed by atoms with van der Waals surface area (Å²) < 4.78 is 32.5. The zero-order chi connectivity index (χ0) is 15.6. The zero-order valence-electron chi connectivity index (χ0n) is 11.5. The number of carboxylic acids is 1. The molecule has 1 saturated heterocycles. The number of sulfonamides is 1. The number of hydrogen-bond donors (Lipinski definition) is 3. The van der Waals surface area contributed by atoms with Crippen LogP contribution in [0.1, 0.15) is 28.8 Å². The molecule has 1 aliphatic heterocycles. The second kappa shape index (κ2) is 6.00. The summed E-state index contributed by atoms with van der Waals surface area (Å²) in [5.41, 5.74) is -0.148. The largest absolute Gasteiger partial charge is 0.507 e. The van der Waals surface area contributed by atoms with Gasteiger partial charge in [0.25, 0.3) is 0 Å². The lowest BCUT2D eigenvalue weighted by Gasteiger charge is -2.23. The van der Waals surface area contributed by atoms with Crippen LogP contribution in [0.3, 0.4) is 0 Å². The van der Waals surface area contributed by atoms with Gasteiger partial charge in [-0.1, -0.05) is 0 Å². The van der Waals surface area contributed by atoms with Crippen LogP contribution in [0.25, 0.3) is 0 Å². The molecule has 116 valence electrons. The number of phenols is 1. The second-order valence-corrected chi connectivity index (χ2v) is 6.63. The van der Waals surface area contributed by atoms with Gasteiger partial charge in [-0.15, -0.1) is 0 Å². The number of carboxylic acid groups (broad SMARTS) is 1. The number of carbonyl (C=O) groups is 1. The van der Waals surface area contributed by atoms with E-state index in [-0.39, 0.29) is 16.5 Å². The van der Waals surface area contributed by atoms with E-state index in [9.17, 15) is 18.3 Å². The molecule has 0 spiro atoms. The molecule has 1 aromatic rings. The van der Waals surface area contributed by atoms with Gasteiger partial charge in [0.2, 0.25) is 10.0 Å². The fourth-order valence-electron chi connectivity index (χ4n) is 2.23. The topological polar surface area (TPSA) is 113 Å². The van der Waals surface area contributed by atoms with Gasteiger partial charge in [0, 0.05) is 19.3 Å². The Morgan fingerprint density at radius 2 is 1.95 bits per heavy atom. The van der Waals surface area contributed by atoms with Crippen LogP contribution in [-0.4, -0.2) is 43.9 Å². The summed E-state index contributed by atoms with van der Waals surface area (Å²) in [7, 11) is -3.84. The van der Waals surface area contributed by atoms with Gasteiger partial charge in [0.15, 0.2) is 0 Å². The highest BCUT2D eigenvalue weighted by Crippen LogP contribution is 2.26. The first kappa shape index (κ1) is 15.7. The Morgan fingerprint density at radius 1 is 1.33 bits per heavy atom. The molecule has 0 aromatic heterocycles. The van der Waals surface area contributed by atoms with Gasteiger partial charge in [-0.05, 0) is 37.5 Å². The molecule has 3 N–H and O–H groups in total. The maximum atomic E-state index is 12.4. The predicted molar refractivity (Wildman–Crippen MR) is 74.0 cm³/mol. The van der Waals surface area contributed by atoms with E-state index in [2.05, 4.69) is 4.72 Å². The summed E-state index contributed by atoms with van der Waals surface area (Å²) in [6.45, 7) is 2.48. The van der Waals surface area contributed by atoms with Crippen molar-refractivity contribution in [3.8, 4) is 5.75 Å². The first-order valence-corrected chi connectivity index (χ1v) is 7.96. The fraction of sp³-hybridized carbons (Fsp3) is 0.462.